The molecule has 0 saturated carbocycles. The molecule has 2 N–H and O–H groups in total. The number of benzene rings is 2. The van der Waals surface area contributed by atoms with E-state index in [-0.39, 0.29) is 17.0 Å². The average molecular weight is 464 g/mol. The highest BCUT2D eigenvalue weighted by Gasteiger charge is 2.22. The Morgan fingerprint density at radius 3 is 2.59 bits per heavy atom. The molecule has 1 unspecified atom stereocenters. The molecule has 0 aliphatic carbocycles. The first kappa shape index (κ1) is 23.1. The van der Waals surface area contributed by atoms with Crippen LogP contribution in [0.25, 0.3) is 0 Å². The number of sulfonamides is 1. The van der Waals surface area contributed by atoms with Crippen LogP contribution >= 0.6 is 0 Å². The van der Waals surface area contributed by atoms with E-state index < -0.39 is 45.3 Å². The maximum atomic E-state index is 13.7. The van der Waals surface area contributed by atoms with Crippen LogP contribution in [0, 0.1) is 11.6 Å². The van der Waals surface area contributed by atoms with Crippen molar-refractivity contribution in [3.05, 3.63) is 83.8 Å². The first-order valence-electron chi connectivity index (χ1n) is 9.25. The van der Waals surface area contributed by atoms with E-state index in [2.05, 4.69) is 10.0 Å². The summed E-state index contributed by atoms with van der Waals surface area (Å²) in [6, 6.07) is 10.7. The summed E-state index contributed by atoms with van der Waals surface area (Å²) >= 11 is 0. The van der Waals surface area contributed by atoms with Crippen molar-refractivity contribution in [2.75, 3.05) is 5.32 Å². The lowest BCUT2D eigenvalue weighted by atomic mass is 10.2. The van der Waals surface area contributed by atoms with Crippen molar-refractivity contribution in [2.24, 2.45) is 0 Å². The lowest BCUT2D eigenvalue weighted by Gasteiger charge is -2.14. The maximum absolute atomic E-state index is 13.7. The van der Waals surface area contributed by atoms with Crippen molar-refractivity contribution in [2.45, 2.75) is 24.5 Å². The van der Waals surface area contributed by atoms with E-state index in [0.29, 0.717) is 5.76 Å². The van der Waals surface area contributed by atoms with Crippen molar-refractivity contribution in [3.63, 3.8) is 0 Å². The van der Waals surface area contributed by atoms with Gasteiger partial charge >= 0.3 is 5.97 Å². The summed E-state index contributed by atoms with van der Waals surface area (Å²) in [7, 11) is -3.96. The van der Waals surface area contributed by atoms with Crippen LogP contribution < -0.4 is 10.0 Å². The fourth-order valence-electron chi connectivity index (χ4n) is 2.56. The van der Waals surface area contributed by atoms with E-state index in [4.69, 9.17) is 9.15 Å². The number of anilines is 1. The van der Waals surface area contributed by atoms with Crippen molar-refractivity contribution in [1.82, 2.24) is 4.72 Å². The van der Waals surface area contributed by atoms with Crippen LogP contribution in [0.5, 0.6) is 0 Å². The molecule has 0 fully saturated rings. The molecule has 1 heterocycles. The van der Waals surface area contributed by atoms with Gasteiger partial charge in [0.25, 0.3) is 5.91 Å². The summed E-state index contributed by atoms with van der Waals surface area (Å²) in [5.41, 5.74) is -0.531. The highest BCUT2D eigenvalue weighted by Crippen LogP contribution is 2.17. The van der Waals surface area contributed by atoms with E-state index >= 15 is 0 Å². The molecule has 1 aromatic heterocycles. The van der Waals surface area contributed by atoms with Crippen molar-refractivity contribution in [3.8, 4) is 0 Å². The quantitative estimate of drug-likeness (QED) is 0.495. The van der Waals surface area contributed by atoms with Gasteiger partial charge in [0.15, 0.2) is 6.10 Å². The third-order valence-electron chi connectivity index (χ3n) is 4.24. The highest BCUT2D eigenvalue weighted by atomic mass is 32.2. The van der Waals surface area contributed by atoms with Crippen LogP contribution in [0.1, 0.15) is 23.0 Å². The third-order valence-corrected chi connectivity index (χ3v) is 5.63. The predicted octanol–water partition coefficient (Wildman–Crippen LogP) is 3.22. The molecule has 1 amide bonds. The molecule has 0 spiro atoms. The second-order valence-corrected chi connectivity index (χ2v) is 8.36. The smallest absolute Gasteiger partial charge is 0.338 e. The zero-order valence-electron chi connectivity index (χ0n) is 16.7. The number of amides is 1. The lowest BCUT2D eigenvalue weighted by molar-refractivity contribution is -0.123. The van der Waals surface area contributed by atoms with Gasteiger partial charge in [0.2, 0.25) is 10.0 Å². The van der Waals surface area contributed by atoms with Gasteiger partial charge in [-0.15, -0.1) is 0 Å². The second kappa shape index (κ2) is 9.71. The molecule has 0 aliphatic rings. The Hall–Kier alpha value is -3.57. The number of carbonyl (C=O) groups excluding carboxylic acids is 2. The van der Waals surface area contributed by atoms with Gasteiger partial charge in [-0.1, -0.05) is 6.07 Å². The van der Waals surface area contributed by atoms with E-state index in [1.165, 1.54) is 31.4 Å². The minimum absolute atomic E-state index is 0.0855. The van der Waals surface area contributed by atoms with Gasteiger partial charge in [0.05, 0.1) is 29.0 Å². The molecule has 32 heavy (non-hydrogen) atoms. The first-order chi connectivity index (χ1) is 15.2. The largest absolute Gasteiger partial charge is 0.468 e. The average Bonchev–Trinajstić information content (AvgIpc) is 3.29. The number of hydrogen-bond donors (Lipinski definition) is 2. The Kier molecular flexibility index (Phi) is 7.01. The zero-order chi connectivity index (χ0) is 23.3. The third kappa shape index (κ3) is 5.77. The number of esters is 1. The SMILES string of the molecule is CC(OC(=O)c1cccc(S(=O)(=O)NCc2ccco2)c1)C(=O)Nc1cc(F)ccc1F. The van der Waals surface area contributed by atoms with E-state index in [0.717, 1.165) is 24.3 Å². The molecule has 0 bridgehead atoms. The molecule has 3 aromatic rings. The summed E-state index contributed by atoms with van der Waals surface area (Å²) in [5, 5.41) is 2.13. The van der Waals surface area contributed by atoms with Crippen LogP contribution in [0.2, 0.25) is 0 Å². The zero-order valence-corrected chi connectivity index (χ0v) is 17.5. The van der Waals surface area contributed by atoms with E-state index in [1.54, 1.807) is 12.1 Å². The molecule has 0 radical (unpaired) electrons. The number of hydrogen-bond acceptors (Lipinski definition) is 6. The van der Waals surface area contributed by atoms with Crippen LogP contribution in [0.15, 0.2) is 70.2 Å². The standard InChI is InChI=1S/C21H18F2N2O6S/c1-13(20(26)25-19-11-15(22)7-8-18(19)23)31-21(27)14-4-2-6-17(10-14)32(28,29)24-12-16-5-3-9-30-16/h2-11,13,24H,12H2,1H3,(H,25,26). The topological polar surface area (TPSA) is 115 Å². The fourth-order valence-corrected chi connectivity index (χ4v) is 3.60. The molecule has 2 aromatic carbocycles. The molecular formula is C21H18F2N2O6S. The van der Waals surface area contributed by atoms with E-state index in [9.17, 15) is 26.8 Å². The molecule has 0 aliphatic heterocycles. The van der Waals surface area contributed by atoms with Gasteiger partial charge in [-0.25, -0.2) is 26.7 Å². The molecule has 168 valence electrons. The van der Waals surface area contributed by atoms with Gasteiger partial charge in [-0.2, -0.15) is 0 Å². The fraction of sp³-hybridized carbons (Fsp3) is 0.143. The Morgan fingerprint density at radius 1 is 1.09 bits per heavy atom. The Bertz CT molecular complexity index is 1230. The van der Waals surface area contributed by atoms with Crippen molar-refractivity contribution < 1.29 is 35.9 Å². The van der Waals surface area contributed by atoms with Crippen LogP contribution in [-0.4, -0.2) is 26.4 Å². The monoisotopic (exact) mass is 464 g/mol. The number of halogens is 2. The Balaban J connectivity index is 1.65. The van der Waals surface area contributed by atoms with Crippen LogP contribution in [-0.2, 0) is 26.1 Å². The summed E-state index contributed by atoms with van der Waals surface area (Å²) in [6.07, 6.45) is 0.0304. The maximum Gasteiger partial charge on any atom is 0.338 e. The number of nitrogens with one attached hydrogen (secondary N) is 2. The van der Waals surface area contributed by atoms with E-state index in [1.807, 2.05) is 0 Å². The molecule has 0 saturated heterocycles. The molecular weight excluding hydrogens is 446 g/mol. The number of furan rings is 1. The van der Waals surface area contributed by atoms with Crippen molar-refractivity contribution in [1.29, 1.82) is 0 Å². The highest BCUT2D eigenvalue weighted by molar-refractivity contribution is 7.89. The first-order valence-corrected chi connectivity index (χ1v) is 10.7. The van der Waals surface area contributed by atoms with Crippen LogP contribution in [0.4, 0.5) is 14.5 Å². The summed E-state index contributed by atoms with van der Waals surface area (Å²) in [6.45, 7) is 1.15. The number of rotatable bonds is 8. The van der Waals surface area contributed by atoms with Crippen LogP contribution in [0.3, 0.4) is 0 Å². The normalized spacial score (nSPS) is 12.2. The van der Waals surface area contributed by atoms with Gasteiger partial charge in [-0.3, -0.25) is 4.79 Å². The number of ether oxygens (including phenoxy) is 1. The minimum Gasteiger partial charge on any atom is -0.468 e. The Labute approximate surface area is 182 Å². The van der Waals surface area contributed by atoms with Gasteiger partial charge in [-0.05, 0) is 49.4 Å². The Morgan fingerprint density at radius 2 is 1.88 bits per heavy atom. The second-order valence-electron chi connectivity index (χ2n) is 6.59. The van der Waals surface area contributed by atoms with Crippen molar-refractivity contribution >= 4 is 27.6 Å². The number of carbonyl (C=O) groups is 2. The minimum atomic E-state index is -3.96. The van der Waals surface area contributed by atoms with Gasteiger partial charge in [0.1, 0.15) is 17.4 Å². The van der Waals surface area contributed by atoms with Gasteiger partial charge in [0, 0.05) is 6.07 Å². The molecule has 3 rings (SSSR count). The summed E-state index contributed by atoms with van der Waals surface area (Å²) in [5.74, 6) is -3.09. The summed E-state index contributed by atoms with van der Waals surface area (Å²) < 4.78 is 64.3. The predicted molar refractivity (Wildman–Crippen MR) is 109 cm³/mol. The van der Waals surface area contributed by atoms with Gasteiger partial charge < -0.3 is 14.5 Å². The molecule has 1 atom stereocenters. The molecule has 11 heteroatoms. The molecule has 8 nitrogen and oxygen atoms in total. The lowest BCUT2D eigenvalue weighted by Crippen LogP contribution is -2.30. The summed E-state index contributed by atoms with van der Waals surface area (Å²) in [4.78, 5) is 24.4.